The van der Waals surface area contributed by atoms with Crippen LogP contribution in [0.4, 0.5) is 35.1 Å². The van der Waals surface area contributed by atoms with Crippen molar-refractivity contribution in [1.29, 1.82) is 10.5 Å². The SMILES string of the molecule is [C-]#[N+]C(C#N)=C1c2cc3c(cc2-c2c(F)c(F)c(F)c(F)c21)C(=C(C#N)[N+]#[C-])c1c(F)c(F)c(F)c(F)c1-3. The van der Waals surface area contributed by atoms with E-state index in [2.05, 4.69) is 9.69 Å². The first-order valence-electron chi connectivity index (χ1n) is 10.0. The monoisotopic (exact) mass is 522 g/mol. The molecule has 12 heteroatoms. The number of hydrogen-bond donors (Lipinski definition) is 0. The molecule has 5 rings (SSSR count). The van der Waals surface area contributed by atoms with Gasteiger partial charge in [-0.2, -0.15) is 0 Å². The number of rotatable bonds is 0. The minimum absolute atomic E-state index is 0.452. The fourth-order valence-corrected chi connectivity index (χ4v) is 4.70. The number of benzene rings is 3. The van der Waals surface area contributed by atoms with Gasteiger partial charge in [0.2, 0.25) is 0 Å². The first-order valence-corrected chi connectivity index (χ1v) is 10.0. The summed E-state index contributed by atoms with van der Waals surface area (Å²) < 4.78 is 117. The first-order chi connectivity index (χ1) is 18.0. The summed E-state index contributed by atoms with van der Waals surface area (Å²) in [7, 11) is 0. The maximum atomic E-state index is 15.0. The lowest BCUT2D eigenvalue weighted by atomic mass is 9.94. The Labute approximate surface area is 206 Å². The molecule has 0 saturated carbocycles. The van der Waals surface area contributed by atoms with E-state index < -0.39 is 114 Å². The van der Waals surface area contributed by atoms with Crippen LogP contribution in [-0.2, 0) is 0 Å². The van der Waals surface area contributed by atoms with Gasteiger partial charge in [-0.15, -0.1) is 0 Å². The highest BCUT2D eigenvalue weighted by Gasteiger charge is 2.41. The van der Waals surface area contributed by atoms with E-state index in [0.29, 0.717) is 0 Å². The van der Waals surface area contributed by atoms with E-state index in [1.807, 2.05) is 0 Å². The van der Waals surface area contributed by atoms with Crippen molar-refractivity contribution < 1.29 is 35.1 Å². The van der Waals surface area contributed by atoms with Crippen molar-refractivity contribution in [3.8, 4) is 34.4 Å². The maximum absolute atomic E-state index is 15.0. The summed E-state index contributed by atoms with van der Waals surface area (Å²) in [4.78, 5) is 5.80. The Kier molecular flexibility index (Phi) is 5.12. The Morgan fingerprint density at radius 2 is 0.789 bits per heavy atom. The number of fused-ring (bicyclic) bond motifs is 6. The lowest BCUT2D eigenvalue weighted by molar-refractivity contribution is 0.410. The maximum Gasteiger partial charge on any atom is 0.270 e. The molecule has 0 saturated heterocycles. The fraction of sp³-hybridized carbons (Fsp3) is 0. The van der Waals surface area contributed by atoms with Crippen molar-refractivity contribution in [2.75, 3.05) is 0 Å². The van der Waals surface area contributed by atoms with E-state index in [9.17, 15) is 36.9 Å². The van der Waals surface area contributed by atoms with E-state index in [4.69, 9.17) is 13.1 Å². The number of nitriles is 2. The zero-order chi connectivity index (χ0) is 27.8. The molecule has 0 heterocycles. The largest absolute Gasteiger partial charge is 0.270 e. The predicted molar refractivity (Wildman–Crippen MR) is 113 cm³/mol. The molecular formula is C26H2F8N4. The Hall–Kier alpha value is -5.46. The van der Waals surface area contributed by atoms with E-state index in [1.54, 1.807) is 0 Å². The van der Waals surface area contributed by atoms with Gasteiger partial charge in [0, 0.05) is 33.4 Å². The van der Waals surface area contributed by atoms with Gasteiger partial charge in [-0.25, -0.2) is 55.3 Å². The van der Waals surface area contributed by atoms with Crippen LogP contribution >= 0.6 is 0 Å². The number of halogens is 8. The molecule has 0 radical (unpaired) electrons. The van der Waals surface area contributed by atoms with Gasteiger partial charge in [0.1, 0.15) is 0 Å². The van der Waals surface area contributed by atoms with Gasteiger partial charge >= 0.3 is 0 Å². The van der Waals surface area contributed by atoms with Crippen LogP contribution in [0.25, 0.3) is 43.1 Å². The van der Waals surface area contributed by atoms with Crippen LogP contribution in [-0.4, -0.2) is 0 Å². The molecule has 0 amide bonds. The number of hydrogen-bond acceptors (Lipinski definition) is 2. The molecule has 0 bridgehead atoms. The van der Waals surface area contributed by atoms with E-state index >= 15 is 8.78 Å². The highest BCUT2D eigenvalue weighted by atomic mass is 19.2. The molecule has 0 fully saturated rings. The van der Waals surface area contributed by atoms with Crippen molar-refractivity contribution in [3.63, 3.8) is 0 Å². The Morgan fingerprint density at radius 3 is 1.05 bits per heavy atom. The van der Waals surface area contributed by atoms with Gasteiger partial charge in [0.05, 0.1) is 25.3 Å². The summed E-state index contributed by atoms with van der Waals surface area (Å²) in [5.74, 6) is -16.8. The van der Waals surface area contributed by atoms with E-state index in [1.165, 1.54) is 12.1 Å². The van der Waals surface area contributed by atoms with E-state index in [0.717, 1.165) is 12.1 Å². The molecule has 0 aliphatic heterocycles. The van der Waals surface area contributed by atoms with Gasteiger partial charge < -0.3 is 0 Å². The summed E-state index contributed by atoms with van der Waals surface area (Å²) in [6.45, 7) is 14.5. The molecule has 2 aliphatic carbocycles. The molecule has 0 N–H and O–H groups in total. The van der Waals surface area contributed by atoms with Gasteiger partial charge in [-0.1, -0.05) is 0 Å². The molecule has 2 aliphatic rings. The minimum Gasteiger partial charge on any atom is -0.226 e. The molecule has 0 unspecified atom stereocenters. The second-order valence-electron chi connectivity index (χ2n) is 7.85. The standard InChI is InChI=1S/C26H2F8N4/c1-37-11(5-35)13-7-3-10-8(4-9(7)15-17(13)21(29)25(33)23(31)19(15)27)14(12(6-36)38-2)18-16(10)20(28)24(32)26(34)22(18)30/h3-4H. The van der Waals surface area contributed by atoms with Crippen LogP contribution in [0.2, 0.25) is 0 Å². The zero-order valence-electron chi connectivity index (χ0n) is 18.0. The fourth-order valence-electron chi connectivity index (χ4n) is 4.70. The molecule has 182 valence electrons. The Balaban J connectivity index is 2.06. The first kappa shape index (κ1) is 24.2. The van der Waals surface area contributed by atoms with Crippen LogP contribution in [0, 0.1) is 82.3 Å². The van der Waals surface area contributed by atoms with Crippen LogP contribution in [0.1, 0.15) is 22.3 Å². The molecule has 4 nitrogen and oxygen atoms in total. The third kappa shape index (κ3) is 2.74. The van der Waals surface area contributed by atoms with Crippen molar-refractivity contribution in [1.82, 2.24) is 0 Å². The normalized spacial score (nSPS) is 14.8. The van der Waals surface area contributed by atoms with Gasteiger partial charge in [-0.3, -0.25) is 0 Å². The number of nitrogens with zero attached hydrogens (tertiary/aromatic N) is 4. The lowest BCUT2D eigenvalue weighted by Gasteiger charge is -2.09. The van der Waals surface area contributed by atoms with Gasteiger partial charge in [0.25, 0.3) is 11.4 Å². The second-order valence-corrected chi connectivity index (χ2v) is 7.85. The van der Waals surface area contributed by atoms with Crippen LogP contribution < -0.4 is 0 Å². The zero-order valence-corrected chi connectivity index (χ0v) is 18.0. The smallest absolute Gasteiger partial charge is 0.226 e. The van der Waals surface area contributed by atoms with Crippen LogP contribution in [0.5, 0.6) is 0 Å². The Morgan fingerprint density at radius 1 is 0.500 bits per heavy atom. The Bertz CT molecular complexity index is 1770. The van der Waals surface area contributed by atoms with Crippen molar-refractivity contribution in [2.24, 2.45) is 0 Å². The third-order valence-electron chi connectivity index (χ3n) is 6.18. The second kappa shape index (κ2) is 8.03. The minimum atomic E-state index is -2.25. The summed E-state index contributed by atoms with van der Waals surface area (Å²) in [5.41, 5.74) is -9.14. The predicted octanol–water partition coefficient (Wildman–Crippen LogP) is 7.16. The lowest BCUT2D eigenvalue weighted by Crippen LogP contribution is -2.03. The highest BCUT2D eigenvalue weighted by Crippen LogP contribution is 2.56. The quantitative estimate of drug-likeness (QED) is 0.0713. The van der Waals surface area contributed by atoms with Crippen LogP contribution in [0.15, 0.2) is 23.5 Å². The van der Waals surface area contributed by atoms with Gasteiger partial charge in [0.15, 0.2) is 46.5 Å². The average Bonchev–Trinajstić information content (AvgIpc) is 3.42. The van der Waals surface area contributed by atoms with Crippen molar-refractivity contribution in [2.45, 2.75) is 0 Å². The molecule has 0 atom stereocenters. The molecule has 0 aromatic heterocycles. The summed E-state index contributed by atoms with van der Waals surface area (Å²) in [6.07, 6.45) is 0. The third-order valence-corrected chi connectivity index (χ3v) is 6.18. The summed E-state index contributed by atoms with van der Waals surface area (Å²) >= 11 is 0. The summed E-state index contributed by atoms with van der Waals surface area (Å²) in [6, 6.07) is 4.46. The van der Waals surface area contributed by atoms with Crippen LogP contribution in [0.3, 0.4) is 0 Å². The average molecular weight is 522 g/mol. The molecule has 38 heavy (non-hydrogen) atoms. The highest BCUT2D eigenvalue weighted by molar-refractivity contribution is 6.11. The van der Waals surface area contributed by atoms with Gasteiger partial charge in [-0.05, 0) is 34.4 Å². The molecule has 3 aromatic rings. The van der Waals surface area contributed by atoms with Crippen molar-refractivity contribution in [3.05, 3.63) is 115 Å². The number of allylic oxidation sites excluding steroid dienone is 2. The molecular weight excluding hydrogens is 520 g/mol. The van der Waals surface area contributed by atoms with Crippen molar-refractivity contribution >= 4 is 11.1 Å². The molecule has 0 spiro atoms. The molecule has 3 aromatic carbocycles. The summed E-state index contributed by atoms with van der Waals surface area (Å²) in [5, 5.41) is 18.8. The topological polar surface area (TPSA) is 56.3 Å². The van der Waals surface area contributed by atoms with E-state index in [-0.39, 0.29) is 0 Å².